The highest BCUT2D eigenvalue weighted by Crippen LogP contribution is 2.39. The fraction of sp³-hybridized carbons (Fsp3) is 0.346. The molecule has 1 saturated carbocycles. The van der Waals surface area contributed by atoms with Gasteiger partial charge in [-0.2, -0.15) is 18.3 Å². The fourth-order valence-corrected chi connectivity index (χ4v) is 4.51. The number of fused-ring (bicyclic) bond motifs is 1. The number of H-pyrrole nitrogens is 1. The van der Waals surface area contributed by atoms with E-state index in [1.165, 1.54) is 19.2 Å². The summed E-state index contributed by atoms with van der Waals surface area (Å²) in [5, 5.41) is 8.03. The molecule has 3 aromatic heterocycles. The van der Waals surface area contributed by atoms with E-state index in [1.54, 1.807) is 23.6 Å². The molecule has 39 heavy (non-hydrogen) atoms. The van der Waals surface area contributed by atoms with Gasteiger partial charge < -0.3 is 9.88 Å². The van der Waals surface area contributed by atoms with Gasteiger partial charge in [-0.25, -0.2) is 23.8 Å². The first-order valence-electron chi connectivity index (χ1n) is 12.2. The van der Waals surface area contributed by atoms with Crippen LogP contribution in [0.5, 0.6) is 0 Å². The summed E-state index contributed by atoms with van der Waals surface area (Å²) in [5.41, 5.74) is -2.94. The number of aromatic amines is 1. The molecule has 2 atom stereocenters. The monoisotopic (exact) mass is 546 g/mol. The van der Waals surface area contributed by atoms with Crippen molar-refractivity contribution in [2.24, 2.45) is 0 Å². The minimum atomic E-state index is -4.94. The van der Waals surface area contributed by atoms with Crippen LogP contribution in [0.4, 0.5) is 27.6 Å². The van der Waals surface area contributed by atoms with E-state index in [9.17, 15) is 31.5 Å². The van der Waals surface area contributed by atoms with E-state index in [0.29, 0.717) is 11.3 Å². The number of nitrogens with zero attached hydrogens (tertiary/aromatic N) is 4. The third-order valence-corrected chi connectivity index (χ3v) is 6.57. The first kappa shape index (κ1) is 26.4. The zero-order chi connectivity index (χ0) is 27.9. The maximum atomic E-state index is 15.0. The van der Waals surface area contributed by atoms with Gasteiger partial charge in [0.15, 0.2) is 5.82 Å². The van der Waals surface area contributed by atoms with Gasteiger partial charge in [0, 0.05) is 31.1 Å². The van der Waals surface area contributed by atoms with Crippen LogP contribution in [-0.2, 0) is 12.7 Å². The highest BCUT2D eigenvalue weighted by Gasteiger charge is 2.37. The van der Waals surface area contributed by atoms with Crippen LogP contribution in [0.25, 0.3) is 22.2 Å². The molecule has 0 bridgehead atoms. The summed E-state index contributed by atoms with van der Waals surface area (Å²) < 4.78 is 70.7. The number of nitrogens with one attached hydrogen (secondary N) is 2. The number of hydrogen-bond acceptors (Lipinski definition) is 6. The van der Waals surface area contributed by atoms with Crippen molar-refractivity contribution in [1.82, 2.24) is 24.7 Å². The number of halogens is 5. The zero-order valence-electron chi connectivity index (χ0n) is 20.6. The Bertz CT molecular complexity index is 1630. The topological polar surface area (TPSA) is 106 Å². The van der Waals surface area contributed by atoms with Gasteiger partial charge in [-0.3, -0.25) is 9.59 Å². The number of pyridine rings is 1. The van der Waals surface area contributed by atoms with E-state index in [1.807, 2.05) is 0 Å². The third kappa shape index (κ3) is 5.66. The van der Waals surface area contributed by atoms with Gasteiger partial charge in [-0.1, -0.05) is 0 Å². The number of anilines is 1. The number of benzene rings is 1. The van der Waals surface area contributed by atoms with E-state index in [2.05, 4.69) is 20.4 Å². The lowest BCUT2D eigenvalue weighted by atomic mass is 10.1. The maximum absolute atomic E-state index is 15.0. The van der Waals surface area contributed by atoms with Crippen molar-refractivity contribution in [2.75, 3.05) is 5.32 Å². The average molecular weight is 547 g/mol. The van der Waals surface area contributed by atoms with E-state index in [-0.39, 0.29) is 23.2 Å². The third-order valence-electron chi connectivity index (χ3n) is 6.57. The van der Waals surface area contributed by atoms with Crippen LogP contribution in [0, 0.1) is 5.82 Å². The molecule has 1 aliphatic carbocycles. The Morgan fingerprint density at radius 1 is 1.15 bits per heavy atom. The maximum Gasteiger partial charge on any atom is 0.423 e. The molecule has 0 saturated heterocycles. The average Bonchev–Trinajstić information content (AvgIpc) is 3.71. The fourth-order valence-electron chi connectivity index (χ4n) is 4.51. The Morgan fingerprint density at radius 3 is 2.54 bits per heavy atom. The second kappa shape index (κ2) is 10.2. The molecule has 1 aromatic carbocycles. The van der Waals surface area contributed by atoms with Crippen LogP contribution >= 0.6 is 0 Å². The molecule has 5 rings (SSSR count). The lowest BCUT2D eigenvalue weighted by molar-refractivity contribution is -0.138. The van der Waals surface area contributed by atoms with Crippen LogP contribution in [0.15, 0.2) is 52.6 Å². The van der Waals surface area contributed by atoms with E-state index in [0.717, 1.165) is 35.2 Å². The molecule has 0 aliphatic heterocycles. The minimum absolute atomic E-state index is 0.0381. The second-order valence-corrected chi connectivity index (χ2v) is 9.67. The molecule has 3 heterocycles. The first-order chi connectivity index (χ1) is 18.5. The SMILES string of the molecule is CC(CC(F)Cn1ccc2cc(-c3ncc(C4CC4)cn3)c(F)cc2c1=O)Nc1cn[nH]c(=O)c1C(F)(F)F. The zero-order valence-corrected chi connectivity index (χ0v) is 20.6. The van der Waals surface area contributed by atoms with Gasteiger partial charge in [0.05, 0.1) is 29.4 Å². The van der Waals surface area contributed by atoms with Crippen molar-refractivity contribution in [1.29, 1.82) is 0 Å². The molecule has 1 aliphatic rings. The highest BCUT2D eigenvalue weighted by molar-refractivity contribution is 5.86. The molecule has 2 unspecified atom stereocenters. The number of aromatic nitrogens is 5. The standard InChI is InChI=1S/C26H23F5N6O2/c1-13(35-21-11-34-36-24(38)22(21)26(29,30)31)6-17(27)12-37-5-4-15-7-19(20(28)8-18(15)25(37)39)23-32-9-16(10-33-23)14-2-3-14/h4-5,7-11,13-14,17H,2-3,6,12H2,1H3,(H2,35,36,38). The van der Waals surface area contributed by atoms with Gasteiger partial charge >= 0.3 is 6.18 Å². The van der Waals surface area contributed by atoms with Crippen LogP contribution in [0.3, 0.4) is 0 Å². The Morgan fingerprint density at radius 2 is 1.87 bits per heavy atom. The van der Waals surface area contributed by atoms with Crippen molar-refractivity contribution in [3.05, 3.63) is 80.6 Å². The first-order valence-corrected chi connectivity index (χ1v) is 12.2. The van der Waals surface area contributed by atoms with Gasteiger partial charge in [-0.05, 0) is 54.8 Å². The highest BCUT2D eigenvalue weighted by atomic mass is 19.4. The van der Waals surface area contributed by atoms with Crippen LogP contribution in [0.1, 0.15) is 43.2 Å². The van der Waals surface area contributed by atoms with Gasteiger partial charge in [0.25, 0.3) is 11.1 Å². The van der Waals surface area contributed by atoms with Crippen molar-refractivity contribution < 1.29 is 22.0 Å². The summed E-state index contributed by atoms with van der Waals surface area (Å²) in [7, 11) is 0. The molecule has 8 nitrogen and oxygen atoms in total. The van der Waals surface area contributed by atoms with Gasteiger partial charge in [0.1, 0.15) is 17.6 Å². The summed E-state index contributed by atoms with van der Waals surface area (Å²) in [6, 6.07) is 3.24. The largest absolute Gasteiger partial charge is 0.423 e. The van der Waals surface area contributed by atoms with Crippen LogP contribution in [-0.4, -0.2) is 36.9 Å². The van der Waals surface area contributed by atoms with Crippen molar-refractivity contribution >= 4 is 16.5 Å². The number of hydrogen-bond donors (Lipinski definition) is 2. The molecule has 2 N–H and O–H groups in total. The molecule has 0 spiro atoms. The number of rotatable bonds is 8. The normalized spacial score (nSPS) is 15.3. The van der Waals surface area contributed by atoms with Crippen molar-refractivity contribution in [2.45, 2.75) is 57.0 Å². The van der Waals surface area contributed by atoms with E-state index >= 15 is 0 Å². The van der Waals surface area contributed by atoms with E-state index < -0.39 is 53.1 Å². The number of alkyl halides is 4. The lowest BCUT2D eigenvalue weighted by Gasteiger charge is -2.20. The molecule has 1 fully saturated rings. The molecule has 0 radical (unpaired) electrons. The Hall–Kier alpha value is -4.16. The van der Waals surface area contributed by atoms with Gasteiger partial charge in [-0.15, -0.1) is 0 Å². The Kier molecular flexibility index (Phi) is 6.91. The molecule has 4 aromatic rings. The lowest BCUT2D eigenvalue weighted by Crippen LogP contribution is -2.30. The summed E-state index contributed by atoms with van der Waals surface area (Å²) in [6.07, 6.45) is 0.828. The molecule has 13 heteroatoms. The summed E-state index contributed by atoms with van der Waals surface area (Å²) in [6.45, 7) is 1.03. The molecule has 204 valence electrons. The van der Waals surface area contributed by atoms with Crippen LogP contribution < -0.4 is 16.4 Å². The van der Waals surface area contributed by atoms with Gasteiger partial charge in [0.2, 0.25) is 0 Å². The van der Waals surface area contributed by atoms with Crippen molar-refractivity contribution in [3.63, 3.8) is 0 Å². The quantitative estimate of drug-likeness (QED) is 0.308. The molecule has 0 amide bonds. The Labute approximate surface area is 217 Å². The second-order valence-electron chi connectivity index (χ2n) is 9.67. The summed E-state index contributed by atoms with van der Waals surface area (Å²) in [5.74, 6) is -0.0511. The smallest absolute Gasteiger partial charge is 0.381 e. The van der Waals surface area contributed by atoms with E-state index in [4.69, 9.17) is 0 Å². The van der Waals surface area contributed by atoms with Crippen LogP contribution in [0.2, 0.25) is 0 Å². The Balaban J connectivity index is 1.31. The van der Waals surface area contributed by atoms with Crippen molar-refractivity contribution in [3.8, 4) is 11.4 Å². The summed E-state index contributed by atoms with van der Waals surface area (Å²) in [4.78, 5) is 33.1. The molecular formula is C26H23F5N6O2. The summed E-state index contributed by atoms with van der Waals surface area (Å²) >= 11 is 0. The predicted octanol–water partition coefficient (Wildman–Crippen LogP) is 4.81. The predicted molar refractivity (Wildman–Crippen MR) is 134 cm³/mol. The minimum Gasteiger partial charge on any atom is -0.381 e. The molecular weight excluding hydrogens is 523 g/mol.